The molecule has 0 aromatic heterocycles. The molecule has 2 heterocycles. The topological polar surface area (TPSA) is 152 Å². The predicted octanol–water partition coefficient (Wildman–Crippen LogP) is 2.39. The fraction of sp³-hybridized carbons (Fsp3) is 0.533. The molecule has 0 saturated carbocycles. The summed E-state index contributed by atoms with van der Waals surface area (Å²) in [7, 11) is 3.16. The van der Waals surface area contributed by atoms with Crippen LogP contribution >= 0.6 is 0 Å². The van der Waals surface area contributed by atoms with Crippen molar-refractivity contribution in [3.05, 3.63) is 46.6 Å². The van der Waals surface area contributed by atoms with Crippen molar-refractivity contribution in [2.75, 3.05) is 40.5 Å². The first kappa shape index (κ1) is 31.0. The van der Waals surface area contributed by atoms with Crippen LogP contribution in [-0.4, -0.2) is 96.5 Å². The van der Waals surface area contributed by atoms with Crippen LogP contribution in [-0.2, 0) is 41.7 Å². The lowest BCUT2D eigenvalue weighted by molar-refractivity contribution is -0.145. The summed E-state index contributed by atoms with van der Waals surface area (Å²) in [5, 5.41) is 18.0. The SMILES string of the molecule is COc1cc2c(cc1OCCCOC1C=C3CN(C(=O)C[C@H](C)C(=O)O)CC3=CC1OC)CN(C(=O)CCC(=O)O)C2. The fourth-order valence-corrected chi connectivity index (χ4v) is 5.26. The predicted molar refractivity (Wildman–Crippen MR) is 149 cm³/mol. The molecule has 0 radical (unpaired) electrons. The number of nitrogens with zero attached hydrogens (tertiary/aromatic N) is 2. The Kier molecular flexibility index (Phi) is 10.2. The maximum absolute atomic E-state index is 12.6. The monoisotopic (exact) mass is 586 g/mol. The number of aliphatic carboxylic acids is 2. The molecule has 1 fully saturated rings. The Morgan fingerprint density at radius 2 is 1.48 bits per heavy atom. The third-order valence-electron chi connectivity index (χ3n) is 7.69. The van der Waals surface area contributed by atoms with Crippen molar-refractivity contribution in [3.63, 3.8) is 0 Å². The van der Waals surface area contributed by atoms with Gasteiger partial charge >= 0.3 is 11.9 Å². The second-order valence-electron chi connectivity index (χ2n) is 10.7. The van der Waals surface area contributed by atoms with Crippen LogP contribution in [0.2, 0.25) is 0 Å². The van der Waals surface area contributed by atoms with Crippen LogP contribution < -0.4 is 9.47 Å². The van der Waals surface area contributed by atoms with Gasteiger partial charge in [0.2, 0.25) is 11.8 Å². The van der Waals surface area contributed by atoms with Crippen LogP contribution in [0.5, 0.6) is 11.5 Å². The van der Waals surface area contributed by atoms with Gasteiger partial charge in [0.15, 0.2) is 11.5 Å². The van der Waals surface area contributed by atoms with Gasteiger partial charge in [0, 0.05) is 52.6 Å². The van der Waals surface area contributed by atoms with Crippen molar-refractivity contribution in [2.45, 2.75) is 57.9 Å². The molecule has 3 aliphatic rings. The number of ether oxygens (including phenoxy) is 4. The van der Waals surface area contributed by atoms with E-state index in [2.05, 4.69) is 0 Å². The lowest BCUT2D eigenvalue weighted by atomic mass is 9.96. The highest BCUT2D eigenvalue weighted by molar-refractivity contribution is 5.83. The number of carbonyl (C=O) groups is 4. The maximum atomic E-state index is 12.6. The van der Waals surface area contributed by atoms with Gasteiger partial charge in [-0.25, -0.2) is 0 Å². The summed E-state index contributed by atoms with van der Waals surface area (Å²) in [6.45, 7) is 3.92. The van der Waals surface area contributed by atoms with Crippen molar-refractivity contribution < 1.29 is 48.3 Å². The van der Waals surface area contributed by atoms with Crippen molar-refractivity contribution in [2.24, 2.45) is 5.92 Å². The summed E-state index contributed by atoms with van der Waals surface area (Å²) in [4.78, 5) is 50.2. The van der Waals surface area contributed by atoms with E-state index in [9.17, 15) is 19.2 Å². The minimum atomic E-state index is -0.998. The molecule has 228 valence electrons. The molecule has 1 aliphatic carbocycles. The molecule has 4 rings (SSSR count). The Labute approximate surface area is 244 Å². The molecule has 2 N–H and O–H groups in total. The van der Waals surface area contributed by atoms with Crippen molar-refractivity contribution >= 4 is 23.8 Å². The Morgan fingerprint density at radius 3 is 2.07 bits per heavy atom. The van der Waals surface area contributed by atoms with Crippen molar-refractivity contribution in [1.29, 1.82) is 0 Å². The molecule has 1 aromatic carbocycles. The standard InChI is InChI=1S/C30H38N2O10/c1-18(30(37)38)9-28(34)32-16-20-11-24(40-3)26(13-22(20)17-32)42-8-4-7-41-25-12-21-15-31(27(33)5-6-29(35)36)14-19(21)10-23(25)39-2/h10-13,18,24,26H,4-9,14-17H2,1-3H3,(H,35,36)(H,37,38)/t18-,24?,26?/m0/s1. The highest BCUT2D eigenvalue weighted by Gasteiger charge is 2.33. The number of hydrogen-bond acceptors (Lipinski definition) is 8. The normalized spacial score (nSPS) is 19.9. The number of likely N-dealkylation sites (tertiary alicyclic amines) is 1. The average Bonchev–Trinajstić information content (AvgIpc) is 3.58. The molecule has 2 aliphatic heterocycles. The van der Waals surface area contributed by atoms with Gasteiger partial charge in [-0.2, -0.15) is 0 Å². The number of carboxylic acids is 2. The summed E-state index contributed by atoms with van der Waals surface area (Å²) < 4.78 is 23.2. The van der Waals surface area contributed by atoms with Gasteiger partial charge in [0.05, 0.1) is 32.7 Å². The fourth-order valence-electron chi connectivity index (χ4n) is 5.26. The number of amides is 2. The van der Waals surface area contributed by atoms with E-state index in [-0.39, 0.29) is 43.3 Å². The molecular weight excluding hydrogens is 548 g/mol. The van der Waals surface area contributed by atoms with Crippen LogP contribution in [0, 0.1) is 5.92 Å². The van der Waals surface area contributed by atoms with E-state index in [4.69, 9.17) is 29.2 Å². The Balaban J connectivity index is 1.27. The number of benzene rings is 1. The first-order valence-electron chi connectivity index (χ1n) is 14.0. The number of carbonyl (C=O) groups excluding carboxylic acids is 2. The molecular formula is C30H38N2O10. The quantitative estimate of drug-likeness (QED) is 0.311. The number of hydrogen-bond donors (Lipinski definition) is 2. The summed E-state index contributed by atoms with van der Waals surface area (Å²) >= 11 is 0. The van der Waals surface area contributed by atoms with E-state index in [1.165, 1.54) is 6.92 Å². The summed E-state index contributed by atoms with van der Waals surface area (Å²) in [5.41, 5.74) is 3.86. The second-order valence-corrected chi connectivity index (χ2v) is 10.7. The molecule has 3 atom stereocenters. The van der Waals surface area contributed by atoms with Crippen LogP contribution in [0.4, 0.5) is 0 Å². The largest absolute Gasteiger partial charge is 0.493 e. The summed E-state index contributed by atoms with van der Waals surface area (Å²) in [6.07, 6.45) is 3.62. The van der Waals surface area contributed by atoms with Gasteiger partial charge in [-0.05, 0) is 46.6 Å². The molecule has 0 spiro atoms. The molecule has 42 heavy (non-hydrogen) atoms. The first-order valence-corrected chi connectivity index (χ1v) is 14.0. The Hall–Kier alpha value is -3.90. The summed E-state index contributed by atoms with van der Waals surface area (Å²) in [5.74, 6) is -2.00. The highest BCUT2D eigenvalue weighted by Crippen LogP contribution is 2.36. The van der Waals surface area contributed by atoms with Crippen molar-refractivity contribution in [3.8, 4) is 11.5 Å². The Morgan fingerprint density at radius 1 is 0.857 bits per heavy atom. The van der Waals surface area contributed by atoms with Crippen LogP contribution in [0.3, 0.4) is 0 Å². The van der Waals surface area contributed by atoms with Crippen molar-refractivity contribution in [1.82, 2.24) is 9.80 Å². The van der Waals surface area contributed by atoms with Gasteiger partial charge in [-0.15, -0.1) is 0 Å². The molecule has 2 unspecified atom stereocenters. The van der Waals surface area contributed by atoms with Crippen LogP contribution in [0.1, 0.15) is 43.7 Å². The van der Waals surface area contributed by atoms with Crippen LogP contribution in [0.15, 0.2) is 35.4 Å². The van der Waals surface area contributed by atoms with Gasteiger partial charge in [0.25, 0.3) is 0 Å². The molecule has 12 nitrogen and oxygen atoms in total. The van der Waals surface area contributed by atoms with E-state index in [1.54, 1.807) is 24.0 Å². The lowest BCUT2D eigenvalue weighted by Crippen LogP contribution is -2.31. The third-order valence-corrected chi connectivity index (χ3v) is 7.69. The minimum absolute atomic E-state index is 0.0367. The number of methoxy groups -OCH3 is 2. The number of rotatable bonds is 14. The van der Waals surface area contributed by atoms with Gasteiger partial charge in [0.1, 0.15) is 12.2 Å². The molecule has 1 aromatic rings. The molecule has 1 saturated heterocycles. The smallest absolute Gasteiger partial charge is 0.306 e. The van der Waals surface area contributed by atoms with E-state index >= 15 is 0 Å². The zero-order valence-electron chi connectivity index (χ0n) is 24.2. The highest BCUT2D eigenvalue weighted by atomic mass is 16.5. The lowest BCUT2D eigenvalue weighted by Gasteiger charge is -2.26. The van der Waals surface area contributed by atoms with E-state index < -0.39 is 17.9 Å². The number of carboxylic acid groups (broad SMARTS) is 2. The van der Waals surface area contributed by atoms with E-state index in [1.807, 2.05) is 24.3 Å². The Bertz CT molecular complexity index is 1270. The number of fused-ring (bicyclic) bond motifs is 2. The minimum Gasteiger partial charge on any atom is -0.493 e. The zero-order valence-corrected chi connectivity index (χ0v) is 24.2. The second kappa shape index (κ2) is 13.8. The first-order chi connectivity index (χ1) is 20.1. The molecule has 12 heteroatoms. The molecule has 2 amide bonds. The maximum Gasteiger partial charge on any atom is 0.306 e. The van der Waals surface area contributed by atoms with Gasteiger partial charge < -0.3 is 39.0 Å². The summed E-state index contributed by atoms with van der Waals surface area (Å²) in [6, 6.07) is 3.72. The van der Waals surface area contributed by atoms with Crippen LogP contribution in [0.25, 0.3) is 0 Å². The van der Waals surface area contributed by atoms with E-state index in [0.717, 1.165) is 22.3 Å². The van der Waals surface area contributed by atoms with E-state index in [0.29, 0.717) is 57.3 Å². The molecule has 0 bridgehead atoms. The van der Waals surface area contributed by atoms with Gasteiger partial charge in [-0.3, -0.25) is 19.2 Å². The zero-order chi connectivity index (χ0) is 30.4. The third kappa shape index (κ3) is 7.48. The average molecular weight is 587 g/mol. The van der Waals surface area contributed by atoms with Gasteiger partial charge in [-0.1, -0.05) is 6.92 Å².